The lowest BCUT2D eigenvalue weighted by Crippen LogP contribution is -2.36. The standard InChI is InChI=1S/C18H17N3OS2/c19-9-11-23-16-7-3-1-5-14(16)20-18(22)13-21-10-12-24-17-8-4-2-6-15(17)21/h1-8H,10-13H2,(H,20,22). The molecule has 2 aromatic rings. The normalized spacial score (nSPS) is 13.0. The van der Waals surface area contributed by atoms with E-state index >= 15 is 0 Å². The Morgan fingerprint density at radius 2 is 2.04 bits per heavy atom. The van der Waals surface area contributed by atoms with Crippen LogP contribution in [-0.2, 0) is 4.79 Å². The molecule has 1 amide bonds. The van der Waals surface area contributed by atoms with Crippen molar-refractivity contribution in [2.45, 2.75) is 9.79 Å². The first kappa shape index (κ1) is 16.7. The molecular weight excluding hydrogens is 338 g/mol. The molecule has 0 aliphatic carbocycles. The van der Waals surface area contributed by atoms with E-state index in [1.165, 1.54) is 16.7 Å². The van der Waals surface area contributed by atoms with Crippen LogP contribution in [-0.4, -0.2) is 30.5 Å². The zero-order chi connectivity index (χ0) is 16.8. The van der Waals surface area contributed by atoms with Crippen molar-refractivity contribution in [1.82, 2.24) is 0 Å². The molecule has 1 aliphatic rings. The molecule has 2 aromatic carbocycles. The fraction of sp³-hybridized carbons (Fsp3) is 0.222. The summed E-state index contributed by atoms with van der Waals surface area (Å²) in [6, 6.07) is 17.9. The molecule has 0 spiro atoms. The summed E-state index contributed by atoms with van der Waals surface area (Å²) < 4.78 is 0. The highest BCUT2D eigenvalue weighted by molar-refractivity contribution is 7.99. The highest BCUT2D eigenvalue weighted by Crippen LogP contribution is 2.34. The summed E-state index contributed by atoms with van der Waals surface area (Å²) in [6.07, 6.45) is 0. The lowest BCUT2D eigenvalue weighted by molar-refractivity contribution is -0.115. The number of fused-ring (bicyclic) bond motifs is 1. The predicted octanol–water partition coefficient (Wildman–Crippen LogP) is 3.85. The van der Waals surface area contributed by atoms with Gasteiger partial charge in [-0.3, -0.25) is 4.79 Å². The largest absolute Gasteiger partial charge is 0.360 e. The molecule has 1 N–H and O–H groups in total. The van der Waals surface area contributed by atoms with Gasteiger partial charge in [0.25, 0.3) is 0 Å². The van der Waals surface area contributed by atoms with Gasteiger partial charge in [-0.05, 0) is 24.3 Å². The minimum absolute atomic E-state index is 0.0401. The van der Waals surface area contributed by atoms with Gasteiger partial charge in [0.1, 0.15) is 0 Å². The molecule has 4 nitrogen and oxygen atoms in total. The molecule has 0 saturated carbocycles. The van der Waals surface area contributed by atoms with Crippen LogP contribution in [0.5, 0.6) is 0 Å². The van der Waals surface area contributed by atoms with Crippen LogP contribution in [0, 0.1) is 11.3 Å². The van der Waals surface area contributed by atoms with Crippen LogP contribution < -0.4 is 10.2 Å². The second-order valence-electron chi connectivity index (χ2n) is 5.23. The third-order valence-electron chi connectivity index (χ3n) is 3.61. The van der Waals surface area contributed by atoms with Gasteiger partial charge in [-0.2, -0.15) is 5.26 Å². The summed E-state index contributed by atoms with van der Waals surface area (Å²) in [5.41, 5.74) is 1.89. The monoisotopic (exact) mass is 355 g/mol. The minimum Gasteiger partial charge on any atom is -0.360 e. The third-order valence-corrected chi connectivity index (χ3v) is 5.60. The first-order valence-corrected chi connectivity index (χ1v) is 9.60. The van der Waals surface area contributed by atoms with Crippen LogP contribution in [0.25, 0.3) is 0 Å². The molecule has 0 saturated heterocycles. The van der Waals surface area contributed by atoms with Crippen LogP contribution in [0.15, 0.2) is 58.3 Å². The molecule has 122 valence electrons. The van der Waals surface area contributed by atoms with Crippen LogP contribution in [0.2, 0.25) is 0 Å². The van der Waals surface area contributed by atoms with Crippen LogP contribution in [0.1, 0.15) is 0 Å². The number of rotatable bonds is 5. The van der Waals surface area contributed by atoms with E-state index in [0.717, 1.165) is 28.6 Å². The van der Waals surface area contributed by atoms with Gasteiger partial charge in [0.15, 0.2) is 0 Å². The summed E-state index contributed by atoms with van der Waals surface area (Å²) in [6.45, 7) is 1.19. The van der Waals surface area contributed by atoms with Gasteiger partial charge in [-0.1, -0.05) is 24.3 Å². The molecule has 0 fully saturated rings. The number of thioether (sulfide) groups is 2. The molecule has 0 aromatic heterocycles. The van der Waals surface area contributed by atoms with Gasteiger partial charge in [0.2, 0.25) is 5.91 Å². The second-order valence-corrected chi connectivity index (χ2v) is 7.38. The summed E-state index contributed by atoms with van der Waals surface area (Å²) in [5, 5.41) is 11.7. The van der Waals surface area contributed by atoms with Gasteiger partial charge in [-0.25, -0.2) is 0 Å². The van der Waals surface area contributed by atoms with E-state index in [-0.39, 0.29) is 5.91 Å². The van der Waals surface area contributed by atoms with Crippen molar-refractivity contribution in [3.8, 4) is 6.07 Å². The van der Waals surface area contributed by atoms with Gasteiger partial charge < -0.3 is 10.2 Å². The highest BCUT2D eigenvalue weighted by atomic mass is 32.2. The lowest BCUT2D eigenvalue weighted by Gasteiger charge is -2.30. The molecule has 1 heterocycles. The van der Waals surface area contributed by atoms with E-state index in [4.69, 9.17) is 5.26 Å². The smallest absolute Gasteiger partial charge is 0.243 e. The summed E-state index contributed by atoms with van der Waals surface area (Å²) >= 11 is 3.26. The Kier molecular flexibility index (Phi) is 5.68. The Morgan fingerprint density at radius 1 is 1.25 bits per heavy atom. The Bertz CT molecular complexity index is 773. The zero-order valence-corrected chi connectivity index (χ0v) is 14.7. The number of hydrogen-bond acceptors (Lipinski definition) is 5. The summed E-state index contributed by atoms with van der Waals surface area (Å²) in [4.78, 5) is 16.7. The molecule has 1 aliphatic heterocycles. The Morgan fingerprint density at radius 3 is 2.92 bits per heavy atom. The van der Waals surface area contributed by atoms with Crippen molar-refractivity contribution in [2.75, 3.05) is 34.8 Å². The number of hydrogen-bond donors (Lipinski definition) is 1. The fourth-order valence-corrected chi connectivity index (χ4v) is 4.28. The number of carbonyl (C=O) groups excluding carboxylic acids is 1. The van der Waals surface area contributed by atoms with Gasteiger partial charge in [0, 0.05) is 22.1 Å². The summed E-state index contributed by atoms with van der Waals surface area (Å²) in [7, 11) is 0. The molecular formula is C18H17N3OS2. The van der Waals surface area contributed by atoms with Gasteiger partial charge in [-0.15, -0.1) is 23.5 Å². The second kappa shape index (κ2) is 8.13. The SMILES string of the molecule is N#CCSc1ccccc1NC(=O)CN1CCSc2ccccc21. The number of anilines is 2. The molecule has 24 heavy (non-hydrogen) atoms. The number of amides is 1. The van der Waals surface area contributed by atoms with Crippen molar-refractivity contribution in [1.29, 1.82) is 5.26 Å². The van der Waals surface area contributed by atoms with Gasteiger partial charge in [0.05, 0.1) is 29.7 Å². The van der Waals surface area contributed by atoms with Crippen molar-refractivity contribution in [2.24, 2.45) is 0 Å². The van der Waals surface area contributed by atoms with E-state index in [1.807, 2.05) is 48.2 Å². The Hall–Kier alpha value is -2.10. The van der Waals surface area contributed by atoms with Crippen LogP contribution >= 0.6 is 23.5 Å². The first-order valence-electron chi connectivity index (χ1n) is 7.63. The van der Waals surface area contributed by atoms with E-state index in [2.05, 4.69) is 28.4 Å². The first-order chi connectivity index (χ1) is 11.8. The maximum Gasteiger partial charge on any atom is 0.243 e. The molecule has 0 unspecified atom stereocenters. The van der Waals surface area contributed by atoms with E-state index < -0.39 is 0 Å². The highest BCUT2D eigenvalue weighted by Gasteiger charge is 2.19. The minimum atomic E-state index is -0.0401. The number of nitrogens with one attached hydrogen (secondary N) is 1. The van der Waals surface area contributed by atoms with Crippen molar-refractivity contribution >= 4 is 40.8 Å². The van der Waals surface area contributed by atoms with Crippen molar-refractivity contribution < 1.29 is 4.79 Å². The predicted molar refractivity (Wildman–Crippen MR) is 101 cm³/mol. The average Bonchev–Trinajstić information content (AvgIpc) is 2.61. The molecule has 6 heteroatoms. The zero-order valence-electron chi connectivity index (χ0n) is 13.1. The lowest BCUT2D eigenvalue weighted by atomic mass is 10.2. The topological polar surface area (TPSA) is 56.1 Å². The third kappa shape index (κ3) is 4.05. The van der Waals surface area contributed by atoms with Crippen LogP contribution in [0.4, 0.5) is 11.4 Å². The molecule has 0 bridgehead atoms. The molecule has 3 rings (SSSR count). The Balaban J connectivity index is 1.68. The number of benzene rings is 2. The number of carbonyl (C=O) groups is 1. The average molecular weight is 355 g/mol. The number of nitrogens with zero attached hydrogens (tertiary/aromatic N) is 2. The summed E-state index contributed by atoms with van der Waals surface area (Å²) in [5.74, 6) is 1.31. The molecule has 0 atom stereocenters. The fourth-order valence-electron chi connectivity index (χ4n) is 2.56. The maximum atomic E-state index is 12.5. The van der Waals surface area contributed by atoms with Crippen molar-refractivity contribution in [3.05, 3.63) is 48.5 Å². The number of para-hydroxylation sites is 2. The van der Waals surface area contributed by atoms with Crippen LogP contribution in [0.3, 0.4) is 0 Å². The molecule has 0 radical (unpaired) electrons. The van der Waals surface area contributed by atoms with Gasteiger partial charge >= 0.3 is 0 Å². The number of nitriles is 1. The van der Waals surface area contributed by atoms with E-state index in [1.54, 1.807) is 0 Å². The quantitative estimate of drug-likeness (QED) is 0.826. The van der Waals surface area contributed by atoms with Crippen molar-refractivity contribution in [3.63, 3.8) is 0 Å². The Labute approximate surface area is 150 Å². The van der Waals surface area contributed by atoms with E-state index in [9.17, 15) is 4.79 Å². The van der Waals surface area contributed by atoms with E-state index in [0.29, 0.717) is 12.3 Å². The maximum absolute atomic E-state index is 12.5.